The molecule has 2 fully saturated rings. The Labute approximate surface area is 193 Å². The number of aromatic nitrogens is 4. The summed E-state index contributed by atoms with van der Waals surface area (Å²) in [5.41, 5.74) is 1.91. The van der Waals surface area contributed by atoms with Crippen LogP contribution in [0, 0.1) is 12.8 Å². The fraction of sp³-hybridized carbons (Fsp3) is 0.458. The van der Waals surface area contributed by atoms with E-state index in [1.54, 1.807) is 4.52 Å². The summed E-state index contributed by atoms with van der Waals surface area (Å²) in [6, 6.07) is 11.8. The van der Waals surface area contributed by atoms with Gasteiger partial charge >= 0.3 is 0 Å². The number of piperidine rings is 1. The third-order valence-electron chi connectivity index (χ3n) is 6.60. The summed E-state index contributed by atoms with van der Waals surface area (Å²) in [7, 11) is 0. The summed E-state index contributed by atoms with van der Waals surface area (Å²) in [6.07, 6.45) is 3.62. The number of hydrogen-bond acceptors (Lipinski definition) is 6. The summed E-state index contributed by atoms with van der Waals surface area (Å²) in [5.74, 6) is 1.70. The summed E-state index contributed by atoms with van der Waals surface area (Å²) < 4.78 is 1.75. The minimum atomic E-state index is -0.116. The maximum atomic E-state index is 13.3. The second kappa shape index (κ2) is 9.17. The van der Waals surface area contributed by atoms with Crippen molar-refractivity contribution in [2.24, 2.45) is 5.92 Å². The van der Waals surface area contributed by atoms with E-state index in [4.69, 9.17) is 0 Å². The van der Waals surface area contributed by atoms with Gasteiger partial charge in [0, 0.05) is 51.0 Å². The number of benzene rings is 1. The van der Waals surface area contributed by atoms with E-state index >= 15 is 0 Å². The van der Waals surface area contributed by atoms with Crippen molar-refractivity contribution in [1.82, 2.24) is 29.4 Å². The summed E-state index contributed by atoms with van der Waals surface area (Å²) in [4.78, 5) is 40.8. The first-order chi connectivity index (χ1) is 16.1. The van der Waals surface area contributed by atoms with E-state index in [0.717, 1.165) is 49.6 Å². The van der Waals surface area contributed by atoms with E-state index < -0.39 is 0 Å². The molecular weight excluding hydrogens is 418 g/mol. The summed E-state index contributed by atoms with van der Waals surface area (Å²) >= 11 is 0. The van der Waals surface area contributed by atoms with Crippen LogP contribution in [-0.2, 0) is 16.0 Å². The highest BCUT2D eigenvalue weighted by Gasteiger charge is 2.33. The van der Waals surface area contributed by atoms with Crippen LogP contribution in [0.5, 0.6) is 0 Å². The van der Waals surface area contributed by atoms with Gasteiger partial charge in [-0.25, -0.2) is 4.98 Å². The highest BCUT2D eigenvalue weighted by Crippen LogP contribution is 2.23. The lowest BCUT2D eigenvalue weighted by atomic mass is 9.95. The SMILES string of the molecule is Cc1cc(N2CCN(C(=O)[C@@H]3CCCN(C(=O)Cc4ccccc4)C3)CC2)n2ncnc2n1. The van der Waals surface area contributed by atoms with Crippen LogP contribution in [0.4, 0.5) is 5.82 Å². The van der Waals surface area contributed by atoms with Crippen LogP contribution in [0.3, 0.4) is 0 Å². The molecule has 33 heavy (non-hydrogen) atoms. The first-order valence-electron chi connectivity index (χ1n) is 11.6. The molecule has 172 valence electrons. The number of fused-ring (bicyclic) bond motifs is 1. The van der Waals surface area contributed by atoms with Gasteiger partial charge in [-0.1, -0.05) is 30.3 Å². The number of piperazine rings is 1. The van der Waals surface area contributed by atoms with Gasteiger partial charge in [-0.05, 0) is 25.3 Å². The molecule has 0 radical (unpaired) electrons. The van der Waals surface area contributed by atoms with E-state index in [9.17, 15) is 9.59 Å². The highest BCUT2D eigenvalue weighted by molar-refractivity contribution is 5.82. The van der Waals surface area contributed by atoms with Crippen molar-refractivity contribution in [2.45, 2.75) is 26.2 Å². The van der Waals surface area contributed by atoms with Crippen LogP contribution in [0.1, 0.15) is 24.1 Å². The van der Waals surface area contributed by atoms with E-state index in [1.807, 2.05) is 53.1 Å². The van der Waals surface area contributed by atoms with Gasteiger partial charge < -0.3 is 14.7 Å². The molecule has 0 unspecified atom stereocenters. The lowest BCUT2D eigenvalue weighted by Crippen LogP contribution is -2.53. The molecule has 2 amide bonds. The van der Waals surface area contributed by atoms with Crippen molar-refractivity contribution >= 4 is 23.4 Å². The smallest absolute Gasteiger partial charge is 0.254 e. The quantitative estimate of drug-likeness (QED) is 0.603. The number of carbonyl (C=O) groups is 2. The molecule has 0 spiro atoms. The number of amides is 2. The normalized spacial score (nSPS) is 19.2. The number of nitrogens with zero attached hydrogens (tertiary/aromatic N) is 7. The Balaban J connectivity index is 1.19. The second-order valence-electron chi connectivity index (χ2n) is 8.88. The minimum Gasteiger partial charge on any atom is -0.353 e. The van der Waals surface area contributed by atoms with Gasteiger partial charge in [0.2, 0.25) is 11.8 Å². The number of aryl methyl sites for hydroxylation is 1. The fourth-order valence-electron chi connectivity index (χ4n) is 4.84. The molecular formula is C24H29N7O2. The van der Waals surface area contributed by atoms with Crippen LogP contribution < -0.4 is 4.90 Å². The predicted molar refractivity (Wildman–Crippen MR) is 124 cm³/mol. The monoisotopic (exact) mass is 447 g/mol. The third-order valence-corrected chi connectivity index (χ3v) is 6.60. The third kappa shape index (κ3) is 4.53. The van der Waals surface area contributed by atoms with Crippen LogP contribution >= 0.6 is 0 Å². The Morgan fingerprint density at radius 2 is 1.82 bits per heavy atom. The Morgan fingerprint density at radius 3 is 2.61 bits per heavy atom. The van der Waals surface area contributed by atoms with Crippen molar-refractivity contribution in [1.29, 1.82) is 0 Å². The number of anilines is 1. The molecule has 3 aromatic rings. The lowest BCUT2D eigenvalue weighted by molar-refractivity contribution is -0.140. The maximum absolute atomic E-state index is 13.3. The Hall–Kier alpha value is -3.49. The number of hydrogen-bond donors (Lipinski definition) is 0. The zero-order valence-electron chi connectivity index (χ0n) is 18.9. The lowest BCUT2D eigenvalue weighted by Gasteiger charge is -2.39. The Bertz CT molecular complexity index is 1140. The van der Waals surface area contributed by atoms with E-state index in [2.05, 4.69) is 20.0 Å². The van der Waals surface area contributed by atoms with Crippen molar-refractivity contribution in [3.8, 4) is 0 Å². The van der Waals surface area contributed by atoms with Crippen molar-refractivity contribution in [3.05, 3.63) is 54.0 Å². The molecule has 2 aliphatic heterocycles. The van der Waals surface area contributed by atoms with Crippen LogP contribution in [-0.4, -0.2) is 80.5 Å². The van der Waals surface area contributed by atoms with Crippen LogP contribution in [0.15, 0.2) is 42.7 Å². The van der Waals surface area contributed by atoms with E-state index in [0.29, 0.717) is 31.8 Å². The molecule has 1 atom stereocenters. The van der Waals surface area contributed by atoms with Gasteiger partial charge in [0.05, 0.1) is 12.3 Å². The largest absolute Gasteiger partial charge is 0.353 e. The van der Waals surface area contributed by atoms with Gasteiger partial charge in [-0.15, -0.1) is 0 Å². The topological polar surface area (TPSA) is 86.9 Å². The van der Waals surface area contributed by atoms with Crippen molar-refractivity contribution in [2.75, 3.05) is 44.2 Å². The van der Waals surface area contributed by atoms with Crippen molar-refractivity contribution in [3.63, 3.8) is 0 Å². The number of likely N-dealkylation sites (tertiary alicyclic amines) is 1. The first-order valence-corrected chi connectivity index (χ1v) is 11.6. The number of rotatable bonds is 4. The molecule has 4 heterocycles. The molecule has 2 saturated heterocycles. The van der Waals surface area contributed by atoms with Crippen molar-refractivity contribution < 1.29 is 9.59 Å². The molecule has 0 N–H and O–H groups in total. The Morgan fingerprint density at radius 1 is 1.03 bits per heavy atom. The maximum Gasteiger partial charge on any atom is 0.254 e. The van der Waals surface area contributed by atoms with E-state index in [1.165, 1.54) is 6.33 Å². The van der Waals surface area contributed by atoms with Gasteiger partial charge in [0.15, 0.2) is 0 Å². The first kappa shape index (κ1) is 21.4. The van der Waals surface area contributed by atoms with Crippen LogP contribution in [0.2, 0.25) is 0 Å². The molecule has 5 rings (SSSR count). The van der Waals surface area contributed by atoms with Crippen LogP contribution in [0.25, 0.3) is 5.78 Å². The molecule has 9 heteroatoms. The molecule has 2 aliphatic rings. The predicted octanol–water partition coefficient (Wildman–Crippen LogP) is 1.56. The number of carbonyl (C=O) groups excluding carboxylic acids is 2. The molecule has 9 nitrogen and oxygen atoms in total. The average Bonchev–Trinajstić information content (AvgIpc) is 3.32. The average molecular weight is 448 g/mol. The van der Waals surface area contributed by atoms with E-state index in [-0.39, 0.29) is 17.7 Å². The Kier molecular flexibility index (Phi) is 5.93. The van der Waals surface area contributed by atoms with Gasteiger partial charge in [-0.2, -0.15) is 14.6 Å². The van der Waals surface area contributed by atoms with Gasteiger partial charge in [-0.3, -0.25) is 9.59 Å². The molecule has 0 bridgehead atoms. The minimum absolute atomic E-state index is 0.105. The standard InChI is InChI=1S/C24H29N7O2/c1-18-14-21(31-24(27-18)25-17-26-31)28-10-12-29(13-11-28)23(33)20-8-5-9-30(16-20)22(32)15-19-6-3-2-4-7-19/h2-4,6-7,14,17,20H,5,8-13,15-16H2,1H3/t20-/m1/s1. The zero-order valence-corrected chi connectivity index (χ0v) is 18.9. The van der Waals surface area contributed by atoms with Gasteiger partial charge in [0.1, 0.15) is 12.1 Å². The molecule has 1 aromatic carbocycles. The fourth-order valence-corrected chi connectivity index (χ4v) is 4.84. The highest BCUT2D eigenvalue weighted by atomic mass is 16.2. The zero-order chi connectivity index (χ0) is 22.8. The molecule has 0 saturated carbocycles. The molecule has 0 aliphatic carbocycles. The summed E-state index contributed by atoms with van der Waals surface area (Å²) in [6.45, 7) is 5.98. The van der Waals surface area contributed by atoms with Gasteiger partial charge in [0.25, 0.3) is 5.78 Å². The molecule has 2 aromatic heterocycles. The second-order valence-corrected chi connectivity index (χ2v) is 8.88. The summed E-state index contributed by atoms with van der Waals surface area (Å²) in [5, 5.41) is 4.30.